The molecule has 198 valence electrons. The summed E-state index contributed by atoms with van der Waals surface area (Å²) in [6, 6.07) is 13.2. The molecule has 1 aliphatic heterocycles. The maximum absolute atomic E-state index is 13.3. The van der Waals surface area contributed by atoms with Gasteiger partial charge in [-0.15, -0.1) is 13.2 Å². The number of aromatic nitrogens is 3. The van der Waals surface area contributed by atoms with E-state index < -0.39 is 24.4 Å². The van der Waals surface area contributed by atoms with Gasteiger partial charge in [-0.05, 0) is 29.8 Å². The number of hydrogen-bond donors (Lipinski definition) is 1. The number of ether oxygens (including phenoxy) is 2. The minimum Gasteiger partial charge on any atom is -0.425 e. The van der Waals surface area contributed by atoms with Crippen LogP contribution in [-0.4, -0.2) is 50.4 Å². The third kappa shape index (κ3) is 5.24. The number of imidazole rings is 1. The van der Waals surface area contributed by atoms with Crippen LogP contribution < -0.4 is 14.4 Å². The van der Waals surface area contributed by atoms with E-state index in [1.807, 2.05) is 0 Å². The first-order chi connectivity index (χ1) is 18.1. The molecule has 4 aromatic rings. The number of anilines is 1. The largest absolute Gasteiger partial charge is 0.573 e. The molecular formula is C24H19ClF3N5O5. The Balaban J connectivity index is 1.59. The van der Waals surface area contributed by atoms with E-state index in [2.05, 4.69) is 14.9 Å². The minimum absolute atomic E-state index is 0.0120. The van der Waals surface area contributed by atoms with Crippen LogP contribution in [0.1, 0.15) is 21.8 Å². The second-order valence-corrected chi connectivity index (χ2v) is 8.71. The molecule has 0 saturated heterocycles. The van der Waals surface area contributed by atoms with Crippen molar-refractivity contribution in [3.05, 3.63) is 82.8 Å². The summed E-state index contributed by atoms with van der Waals surface area (Å²) in [6.45, 7) is 0.109. The normalized spacial score (nSPS) is 15.5. The fraction of sp³-hybridized carbons (Fsp3) is 0.208. The lowest BCUT2D eigenvalue weighted by Crippen LogP contribution is -2.53. The molecule has 0 spiro atoms. The molecule has 1 amide bonds. The van der Waals surface area contributed by atoms with E-state index in [-0.39, 0.29) is 36.4 Å². The fourth-order valence-electron chi connectivity index (χ4n) is 3.91. The van der Waals surface area contributed by atoms with Gasteiger partial charge < -0.3 is 24.0 Å². The van der Waals surface area contributed by atoms with Crippen LogP contribution >= 0.6 is 11.6 Å². The highest BCUT2D eigenvalue weighted by Gasteiger charge is 2.41. The summed E-state index contributed by atoms with van der Waals surface area (Å²) in [6.07, 6.45) is -4.85. The second kappa shape index (κ2) is 9.91. The van der Waals surface area contributed by atoms with E-state index >= 15 is 0 Å². The zero-order valence-electron chi connectivity index (χ0n) is 19.6. The van der Waals surface area contributed by atoms with Crippen LogP contribution in [0.25, 0.3) is 0 Å². The molecule has 0 aliphatic carbocycles. The van der Waals surface area contributed by atoms with Gasteiger partial charge in [-0.3, -0.25) is 14.3 Å². The van der Waals surface area contributed by atoms with Crippen molar-refractivity contribution in [1.29, 1.82) is 0 Å². The number of amides is 1. The molecule has 0 bridgehead atoms. The van der Waals surface area contributed by atoms with Crippen molar-refractivity contribution >= 4 is 23.3 Å². The molecule has 1 atom stereocenters. The number of rotatable bonds is 7. The van der Waals surface area contributed by atoms with E-state index in [0.29, 0.717) is 10.8 Å². The molecule has 10 nitrogen and oxygen atoms in total. The Morgan fingerprint density at radius 3 is 2.53 bits per heavy atom. The molecule has 1 aliphatic rings. The fourth-order valence-corrected chi connectivity index (χ4v) is 4.03. The Labute approximate surface area is 218 Å². The smallest absolute Gasteiger partial charge is 0.425 e. The first-order valence-corrected chi connectivity index (χ1v) is 11.5. The molecule has 14 heteroatoms. The number of nitrogens with zero attached hydrogens (tertiary/aromatic N) is 5. The van der Waals surface area contributed by atoms with Crippen LogP contribution in [-0.2, 0) is 13.1 Å². The van der Waals surface area contributed by atoms with E-state index in [9.17, 15) is 23.1 Å². The third-order valence-corrected chi connectivity index (χ3v) is 5.91. The highest BCUT2D eigenvalue weighted by Crippen LogP contribution is 2.37. The topological polar surface area (TPSA) is 106 Å². The molecule has 0 saturated carbocycles. The zero-order chi connectivity index (χ0) is 27.0. The van der Waals surface area contributed by atoms with Crippen LogP contribution in [0.4, 0.5) is 19.0 Å². The van der Waals surface area contributed by atoms with Crippen LogP contribution in [0.5, 0.6) is 17.5 Å². The molecule has 38 heavy (non-hydrogen) atoms. The highest BCUT2D eigenvalue weighted by atomic mass is 35.5. The summed E-state index contributed by atoms with van der Waals surface area (Å²) in [5.74, 6) is -0.580. The molecule has 2 aromatic carbocycles. The number of alkyl halides is 3. The number of aliphatic hydroxyl groups is 1. The number of carbonyl (C=O) groups is 1. The van der Waals surface area contributed by atoms with Gasteiger partial charge in [-0.2, -0.15) is 4.98 Å². The van der Waals surface area contributed by atoms with Crippen molar-refractivity contribution in [2.75, 3.05) is 11.9 Å². The van der Waals surface area contributed by atoms with Crippen LogP contribution in [0.3, 0.4) is 0 Å². The monoisotopic (exact) mass is 549 g/mol. The quantitative estimate of drug-likeness (QED) is 0.356. The number of benzene rings is 2. The Bertz CT molecular complexity index is 1440. The van der Waals surface area contributed by atoms with Crippen LogP contribution in [0.15, 0.2) is 65.3 Å². The Hall–Kier alpha value is -4.23. The molecule has 0 fully saturated rings. The number of aliphatic hydroxyl groups excluding tert-OH is 1. The zero-order valence-corrected chi connectivity index (χ0v) is 20.3. The summed E-state index contributed by atoms with van der Waals surface area (Å²) in [5, 5.41) is 15.0. The molecule has 2 aromatic heterocycles. The van der Waals surface area contributed by atoms with Gasteiger partial charge in [0.2, 0.25) is 6.35 Å². The summed E-state index contributed by atoms with van der Waals surface area (Å²) in [5.41, 5.74) is 0.821. The summed E-state index contributed by atoms with van der Waals surface area (Å²) >= 11 is 6.01. The van der Waals surface area contributed by atoms with Crippen molar-refractivity contribution in [2.45, 2.75) is 25.8 Å². The Morgan fingerprint density at radius 1 is 1.11 bits per heavy atom. The SMILES string of the molecule is CN1C(=O)c2c(nc(Oc3cccc(OC(F)(F)F)c3)n2Cc2ccc(Cl)cc2)N(Cc2ccno2)C1O. The van der Waals surface area contributed by atoms with Gasteiger partial charge in [-0.25, -0.2) is 0 Å². The van der Waals surface area contributed by atoms with Gasteiger partial charge in [0.1, 0.15) is 11.5 Å². The maximum atomic E-state index is 13.3. The number of carbonyl (C=O) groups excluding carboxylic acids is 1. The Morgan fingerprint density at radius 2 is 1.84 bits per heavy atom. The number of fused-ring (bicyclic) bond motifs is 1. The van der Waals surface area contributed by atoms with Crippen LogP contribution in [0.2, 0.25) is 5.02 Å². The molecule has 0 radical (unpaired) electrons. The maximum Gasteiger partial charge on any atom is 0.573 e. The first kappa shape index (κ1) is 25.4. The molecule has 1 unspecified atom stereocenters. The molecule has 3 heterocycles. The first-order valence-electron chi connectivity index (χ1n) is 11.1. The van der Waals surface area contributed by atoms with Crippen molar-refractivity contribution in [1.82, 2.24) is 19.6 Å². The summed E-state index contributed by atoms with van der Waals surface area (Å²) < 4.78 is 54.7. The average Bonchev–Trinajstić information content (AvgIpc) is 3.49. The summed E-state index contributed by atoms with van der Waals surface area (Å²) in [7, 11) is 1.42. The predicted octanol–water partition coefficient (Wildman–Crippen LogP) is 4.63. The van der Waals surface area contributed by atoms with Crippen molar-refractivity contribution in [3.63, 3.8) is 0 Å². The molecule has 1 N–H and O–H groups in total. The van der Waals surface area contributed by atoms with Crippen molar-refractivity contribution in [3.8, 4) is 17.5 Å². The molecule has 5 rings (SSSR count). The lowest BCUT2D eigenvalue weighted by Gasteiger charge is -2.38. The summed E-state index contributed by atoms with van der Waals surface area (Å²) in [4.78, 5) is 20.3. The highest BCUT2D eigenvalue weighted by molar-refractivity contribution is 6.30. The van der Waals surface area contributed by atoms with Gasteiger partial charge in [-0.1, -0.05) is 35.0 Å². The van der Waals surface area contributed by atoms with E-state index in [4.69, 9.17) is 20.9 Å². The average molecular weight is 550 g/mol. The van der Waals surface area contributed by atoms with E-state index in [1.54, 1.807) is 30.3 Å². The lowest BCUT2D eigenvalue weighted by molar-refractivity contribution is -0.274. The predicted molar refractivity (Wildman–Crippen MR) is 127 cm³/mol. The van der Waals surface area contributed by atoms with Crippen molar-refractivity contribution < 1.29 is 37.1 Å². The van der Waals surface area contributed by atoms with E-state index in [0.717, 1.165) is 22.6 Å². The van der Waals surface area contributed by atoms with Gasteiger partial charge in [0.25, 0.3) is 5.91 Å². The van der Waals surface area contributed by atoms with E-state index in [1.165, 1.54) is 34.8 Å². The number of halogens is 4. The third-order valence-electron chi connectivity index (χ3n) is 5.65. The van der Waals surface area contributed by atoms with Gasteiger partial charge in [0.05, 0.1) is 19.3 Å². The minimum atomic E-state index is -4.89. The standard InChI is InChI=1S/C24H19ClF3N5O5/c1-31-21(34)19-20(33(23(31)35)13-18-9-10-29-38-18)30-22(32(19)12-14-5-7-15(25)8-6-14)36-16-3-2-4-17(11-16)37-24(26,27)28/h2-11,23,35H,12-13H2,1H3. The van der Waals surface area contributed by atoms with Gasteiger partial charge in [0, 0.05) is 24.2 Å². The molecular weight excluding hydrogens is 531 g/mol. The van der Waals surface area contributed by atoms with Crippen molar-refractivity contribution in [2.24, 2.45) is 0 Å². The second-order valence-electron chi connectivity index (χ2n) is 8.27. The Kier molecular flexibility index (Phi) is 6.63. The lowest BCUT2D eigenvalue weighted by atomic mass is 10.2. The van der Waals surface area contributed by atoms with Gasteiger partial charge >= 0.3 is 12.4 Å². The van der Waals surface area contributed by atoms with Crippen LogP contribution in [0, 0.1) is 0 Å². The number of hydrogen-bond acceptors (Lipinski definition) is 8. The van der Waals surface area contributed by atoms with Gasteiger partial charge in [0.15, 0.2) is 17.3 Å².